The molecule has 16 heavy (non-hydrogen) atoms. The van der Waals surface area contributed by atoms with Crippen LogP contribution in [0.25, 0.3) is 11.0 Å². The topological polar surface area (TPSA) is 54.7 Å². The summed E-state index contributed by atoms with van der Waals surface area (Å²) < 4.78 is 0. The standard InChI is InChI=1S/C13H19N3/c1-8(2)6-13-15-11-5-4-10(9(3)14)7-12(11)16-13/h4-5,7-9H,6,14H2,1-3H3,(H,15,16). The van der Waals surface area contributed by atoms with Crippen molar-refractivity contribution in [2.24, 2.45) is 11.7 Å². The van der Waals surface area contributed by atoms with Gasteiger partial charge >= 0.3 is 0 Å². The van der Waals surface area contributed by atoms with Gasteiger partial charge in [0, 0.05) is 12.5 Å². The van der Waals surface area contributed by atoms with Gasteiger partial charge in [0.05, 0.1) is 11.0 Å². The van der Waals surface area contributed by atoms with Gasteiger partial charge in [0.25, 0.3) is 0 Å². The van der Waals surface area contributed by atoms with Crippen molar-refractivity contribution >= 4 is 11.0 Å². The smallest absolute Gasteiger partial charge is 0.107 e. The highest BCUT2D eigenvalue weighted by molar-refractivity contribution is 5.76. The van der Waals surface area contributed by atoms with Crippen LogP contribution in [0.5, 0.6) is 0 Å². The van der Waals surface area contributed by atoms with E-state index in [0.717, 1.165) is 28.8 Å². The van der Waals surface area contributed by atoms with Crippen molar-refractivity contribution in [3.05, 3.63) is 29.6 Å². The molecule has 1 unspecified atom stereocenters. The van der Waals surface area contributed by atoms with Gasteiger partial charge in [-0.1, -0.05) is 19.9 Å². The van der Waals surface area contributed by atoms with Gasteiger partial charge in [-0.15, -0.1) is 0 Å². The number of nitrogens with two attached hydrogens (primary N) is 1. The molecule has 1 aromatic carbocycles. The summed E-state index contributed by atoms with van der Waals surface area (Å²) in [5.41, 5.74) is 9.12. The number of aromatic amines is 1. The van der Waals surface area contributed by atoms with Crippen molar-refractivity contribution < 1.29 is 0 Å². The normalized spacial score (nSPS) is 13.6. The van der Waals surface area contributed by atoms with Crippen LogP contribution in [0.1, 0.15) is 38.2 Å². The summed E-state index contributed by atoms with van der Waals surface area (Å²) in [6.45, 7) is 6.38. The zero-order valence-corrected chi connectivity index (χ0v) is 10.1. The van der Waals surface area contributed by atoms with E-state index in [-0.39, 0.29) is 6.04 Å². The summed E-state index contributed by atoms with van der Waals surface area (Å²) in [6, 6.07) is 6.25. The molecule has 1 heterocycles. The van der Waals surface area contributed by atoms with Crippen LogP contribution in [-0.4, -0.2) is 9.97 Å². The number of imidazole rings is 1. The van der Waals surface area contributed by atoms with Crippen molar-refractivity contribution in [3.8, 4) is 0 Å². The van der Waals surface area contributed by atoms with Crippen LogP contribution < -0.4 is 5.73 Å². The molecule has 86 valence electrons. The van der Waals surface area contributed by atoms with Crippen molar-refractivity contribution in [1.29, 1.82) is 0 Å². The number of fused-ring (bicyclic) bond motifs is 1. The maximum absolute atomic E-state index is 5.86. The van der Waals surface area contributed by atoms with E-state index in [1.165, 1.54) is 0 Å². The van der Waals surface area contributed by atoms with E-state index in [4.69, 9.17) is 5.73 Å². The molecule has 3 nitrogen and oxygen atoms in total. The van der Waals surface area contributed by atoms with E-state index in [1.54, 1.807) is 0 Å². The molecule has 0 fully saturated rings. The maximum Gasteiger partial charge on any atom is 0.107 e. The van der Waals surface area contributed by atoms with E-state index >= 15 is 0 Å². The number of nitrogens with one attached hydrogen (secondary N) is 1. The molecule has 0 radical (unpaired) electrons. The number of hydrogen-bond acceptors (Lipinski definition) is 2. The molecule has 0 aliphatic rings. The van der Waals surface area contributed by atoms with Crippen LogP contribution in [0.4, 0.5) is 0 Å². The van der Waals surface area contributed by atoms with E-state index in [1.807, 2.05) is 19.1 Å². The predicted octanol–water partition coefficient (Wildman–Crippen LogP) is 2.78. The summed E-state index contributed by atoms with van der Waals surface area (Å²) in [7, 11) is 0. The Hall–Kier alpha value is -1.35. The molecular formula is C13H19N3. The van der Waals surface area contributed by atoms with Gasteiger partial charge in [0.1, 0.15) is 5.82 Å². The van der Waals surface area contributed by atoms with Crippen molar-refractivity contribution in [2.75, 3.05) is 0 Å². The number of benzene rings is 1. The molecular weight excluding hydrogens is 198 g/mol. The fraction of sp³-hybridized carbons (Fsp3) is 0.462. The zero-order valence-electron chi connectivity index (χ0n) is 10.1. The molecule has 0 spiro atoms. The van der Waals surface area contributed by atoms with Crippen LogP contribution in [0.2, 0.25) is 0 Å². The van der Waals surface area contributed by atoms with Gasteiger partial charge in [0.15, 0.2) is 0 Å². The molecule has 0 aliphatic carbocycles. The first-order valence-corrected chi connectivity index (χ1v) is 5.80. The Kier molecular flexibility index (Phi) is 2.97. The van der Waals surface area contributed by atoms with Crippen LogP contribution >= 0.6 is 0 Å². The monoisotopic (exact) mass is 217 g/mol. The lowest BCUT2D eigenvalue weighted by atomic mass is 10.1. The Morgan fingerprint density at radius 3 is 2.69 bits per heavy atom. The van der Waals surface area contributed by atoms with E-state index in [9.17, 15) is 0 Å². The molecule has 0 aliphatic heterocycles. The van der Waals surface area contributed by atoms with Gasteiger partial charge in [-0.25, -0.2) is 4.98 Å². The van der Waals surface area contributed by atoms with Crippen LogP contribution in [0.3, 0.4) is 0 Å². The third-order valence-electron chi connectivity index (χ3n) is 2.68. The third-order valence-corrected chi connectivity index (χ3v) is 2.68. The Balaban J connectivity index is 2.38. The minimum atomic E-state index is 0.0706. The molecule has 1 atom stereocenters. The molecule has 0 saturated heterocycles. The highest BCUT2D eigenvalue weighted by atomic mass is 14.9. The van der Waals surface area contributed by atoms with Gasteiger partial charge in [0.2, 0.25) is 0 Å². The van der Waals surface area contributed by atoms with Gasteiger partial charge in [-0.05, 0) is 30.5 Å². The number of rotatable bonds is 3. The fourth-order valence-corrected chi connectivity index (χ4v) is 1.85. The average Bonchev–Trinajstić information content (AvgIpc) is 2.56. The Labute approximate surface area is 96.1 Å². The predicted molar refractivity (Wildman–Crippen MR) is 67.2 cm³/mol. The number of H-pyrrole nitrogens is 1. The lowest BCUT2D eigenvalue weighted by Crippen LogP contribution is -2.04. The minimum absolute atomic E-state index is 0.0706. The maximum atomic E-state index is 5.86. The second-order valence-corrected chi connectivity index (χ2v) is 4.85. The van der Waals surface area contributed by atoms with Gasteiger partial charge in [-0.3, -0.25) is 0 Å². The van der Waals surface area contributed by atoms with Crippen molar-refractivity contribution in [2.45, 2.75) is 33.2 Å². The highest BCUT2D eigenvalue weighted by Crippen LogP contribution is 2.18. The Morgan fingerprint density at radius 2 is 2.06 bits per heavy atom. The highest BCUT2D eigenvalue weighted by Gasteiger charge is 2.06. The fourth-order valence-electron chi connectivity index (χ4n) is 1.85. The lowest BCUT2D eigenvalue weighted by Gasteiger charge is -2.03. The molecule has 0 amide bonds. The average molecular weight is 217 g/mol. The van der Waals surface area contributed by atoms with Crippen LogP contribution in [0, 0.1) is 5.92 Å². The summed E-state index contributed by atoms with van der Waals surface area (Å²) in [5.74, 6) is 1.68. The minimum Gasteiger partial charge on any atom is -0.342 e. The van der Waals surface area contributed by atoms with Gasteiger partial charge in [-0.2, -0.15) is 0 Å². The first-order valence-electron chi connectivity index (χ1n) is 5.80. The third kappa shape index (κ3) is 2.25. The Bertz CT molecular complexity index is 483. The summed E-state index contributed by atoms with van der Waals surface area (Å²) in [4.78, 5) is 7.91. The van der Waals surface area contributed by atoms with Crippen molar-refractivity contribution in [3.63, 3.8) is 0 Å². The SMILES string of the molecule is CC(C)Cc1nc2ccc(C(C)N)cc2[nH]1. The molecule has 3 N–H and O–H groups in total. The Morgan fingerprint density at radius 1 is 1.31 bits per heavy atom. The van der Waals surface area contributed by atoms with Crippen molar-refractivity contribution in [1.82, 2.24) is 9.97 Å². The summed E-state index contributed by atoms with van der Waals surface area (Å²) in [6.07, 6.45) is 0.988. The quantitative estimate of drug-likeness (QED) is 0.830. The largest absolute Gasteiger partial charge is 0.342 e. The first-order chi connectivity index (χ1) is 7.56. The number of aromatic nitrogens is 2. The molecule has 0 bridgehead atoms. The summed E-state index contributed by atoms with van der Waals surface area (Å²) in [5, 5.41) is 0. The lowest BCUT2D eigenvalue weighted by molar-refractivity contribution is 0.627. The number of nitrogens with zero attached hydrogens (tertiary/aromatic N) is 1. The molecule has 0 saturated carbocycles. The molecule has 2 rings (SSSR count). The second-order valence-electron chi connectivity index (χ2n) is 4.85. The molecule has 1 aromatic heterocycles. The van der Waals surface area contributed by atoms with Crippen LogP contribution in [0.15, 0.2) is 18.2 Å². The van der Waals surface area contributed by atoms with E-state index in [2.05, 4.69) is 29.9 Å². The van der Waals surface area contributed by atoms with Gasteiger partial charge < -0.3 is 10.7 Å². The van der Waals surface area contributed by atoms with E-state index < -0.39 is 0 Å². The van der Waals surface area contributed by atoms with Crippen LogP contribution in [-0.2, 0) is 6.42 Å². The van der Waals surface area contributed by atoms with E-state index in [0.29, 0.717) is 5.92 Å². The molecule has 3 heteroatoms. The molecule has 2 aromatic rings. The number of hydrogen-bond donors (Lipinski definition) is 2. The second kappa shape index (κ2) is 4.26. The first kappa shape index (κ1) is 11.1. The summed E-state index contributed by atoms with van der Waals surface area (Å²) >= 11 is 0. The zero-order chi connectivity index (χ0) is 11.7.